The van der Waals surface area contributed by atoms with E-state index in [0.29, 0.717) is 17.9 Å². The molecule has 0 spiro atoms. The quantitative estimate of drug-likeness (QED) is 0.891. The van der Waals surface area contributed by atoms with Crippen molar-refractivity contribution in [1.29, 1.82) is 0 Å². The van der Waals surface area contributed by atoms with E-state index < -0.39 is 16.1 Å². The molecule has 6 heteroatoms. The maximum atomic E-state index is 12.6. The van der Waals surface area contributed by atoms with Crippen LogP contribution < -0.4 is 0 Å². The number of piperidine rings is 1. The van der Waals surface area contributed by atoms with E-state index in [2.05, 4.69) is 15.9 Å². The van der Waals surface area contributed by atoms with E-state index in [-0.39, 0.29) is 12.5 Å². The number of aliphatic hydroxyl groups is 1. The monoisotopic (exact) mass is 347 g/mol. The first-order chi connectivity index (χ1) is 8.82. The standard InChI is InChI=1S/C13H18BrNO3S/c1-9-5-6-15(8-12(9)16)19(17,18)13-7-11(14)4-3-10(13)2/h3-4,7,9,12,16H,5-6,8H2,1-2H3. The van der Waals surface area contributed by atoms with Gasteiger partial charge in [-0.2, -0.15) is 4.31 Å². The number of hydrogen-bond donors (Lipinski definition) is 1. The van der Waals surface area contributed by atoms with E-state index in [0.717, 1.165) is 10.0 Å². The van der Waals surface area contributed by atoms with Gasteiger partial charge in [0.2, 0.25) is 10.0 Å². The number of halogens is 1. The van der Waals surface area contributed by atoms with Crippen LogP contribution in [0.2, 0.25) is 0 Å². The van der Waals surface area contributed by atoms with Crippen LogP contribution in [0.1, 0.15) is 18.9 Å². The molecule has 1 saturated heterocycles. The Bertz CT molecular complexity index is 573. The highest BCUT2D eigenvalue weighted by molar-refractivity contribution is 9.10. The minimum Gasteiger partial charge on any atom is -0.391 e. The molecule has 1 aliphatic heterocycles. The van der Waals surface area contributed by atoms with Crippen LogP contribution in [-0.4, -0.2) is 37.0 Å². The van der Waals surface area contributed by atoms with E-state index >= 15 is 0 Å². The Balaban J connectivity index is 2.35. The van der Waals surface area contributed by atoms with Crippen molar-refractivity contribution in [3.63, 3.8) is 0 Å². The molecular weight excluding hydrogens is 330 g/mol. The molecule has 0 bridgehead atoms. The third-order valence-corrected chi connectivity index (χ3v) is 6.15. The van der Waals surface area contributed by atoms with Crippen LogP contribution >= 0.6 is 15.9 Å². The molecule has 4 nitrogen and oxygen atoms in total. The Labute approximate surface area is 122 Å². The minimum absolute atomic E-state index is 0.148. The average Bonchev–Trinajstić information content (AvgIpc) is 2.35. The van der Waals surface area contributed by atoms with Gasteiger partial charge in [-0.3, -0.25) is 0 Å². The second-order valence-electron chi connectivity index (χ2n) is 5.11. The number of nitrogens with zero attached hydrogens (tertiary/aromatic N) is 1. The van der Waals surface area contributed by atoms with Gasteiger partial charge in [-0.1, -0.05) is 28.9 Å². The van der Waals surface area contributed by atoms with E-state index in [1.54, 1.807) is 19.1 Å². The van der Waals surface area contributed by atoms with Crippen molar-refractivity contribution >= 4 is 26.0 Å². The molecule has 2 rings (SSSR count). The molecule has 106 valence electrons. The van der Waals surface area contributed by atoms with Crippen LogP contribution in [0.5, 0.6) is 0 Å². The van der Waals surface area contributed by atoms with Crippen molar-refractivity contribution in [2.24, 2.45) is 5.92 Å². The largest absolute Gasteiger partial charge is 0.391 e. The molecule has 19 heavy (non-hydrogen) atoms. The van der Waals surface area contributed by atoms with Gasteiger partial charge < -0.3 is 5.11 Å². The van der Waals surface area contributed by atoms with E-state index in [1.165, 1.54) is 4.31 Å². The topological polar surface area (TPSA) is 57.6 Å². The van der Waals surface area contributed by atoms with Crippen molar-refractivity contribution < 1.29 is 13.5 Å². The number of rotatable bonds is 2. The predicted octanol–water partition coefficient (Wildman–Crippen LogP) is 2.15. The van der Waals surface area contributed by atoms with Crippen LogP contribution in [0.4, 0.5) is 0 Å². The van der Waals surface area contributed by atoms with Gasteiger partial charge in [-0.25, -0.2) is 8.42 Å². The zero-order valence-corrected chi connectivity index (χ0v) is 13.4. The molecule has 0 aliphatic carbocycles. The van der Waals surface area contributed by atoms with Crippen LogP contribution in [0.3, 0.4) is 0 Å². The Kier molecular flexibility index (Phi) is 4.35. The van der Waals surface area contributed by atoms with Crippen molar-refractivity contribution in [3.05, 3.63) is 28.2 Å². The zero-order chi connectivity index (χ0) is 14.2. The minimum atomic E-state index is -3.53. The van der Waals surface area contributed by atoms with E-state index in [1.807, 2.05) is 13.0 Å². The molecular formula is C13H18BrNO3S. The summed E-state index contributed by atoms with van der Waals surface area (Å²) in [5.41, 5.74) is 0.719. The van der Waals surface area contributed by atoms with Gasteiger partial charge in [0.25, 0.3) is 0 Å². The van der Waals surface area contributed by atoms with Gasteiger partial charge >= 0.3 is 0 Å². The summed E-state index contributed by atoms with van der Waals surface area (Å²) in [5, 5.41) is 9.87. The number of β-amino-alcohol motifs (C(OH)–C–C–N with tert-alkyl or cyclic N) is 1. The Morgan fingerprint density at radius 1 is 1.42 bits per heavy atom. The summed E-state index contributed by atoms with van der Waals surface area (Å²) in [6, 6.07) is 5.22. The van der Waals surface area contributed by atoms with E-state index in [9.17, 15) is 13.5 Å². The van der Waals surface area contributed by atoms with Gasteiger partial charge in [0.15, 0.2) is 0 Å². The van der Waals surface area contributed by atoms with Crippen LogP contribution in [0.15, 0.2) is 27.6 Å². The second kappa shape index (κ2) is 5.52. The normalized spacial score (nSPS) is 25.5. The van der Waals surface area contributed by atoms with Crippen LogP contribution in [0.25, 0.3) is 0 Å². The number of aryl methyl sites for hydroxylation is 1. The number of hydrogen-bond acceptors (Lipinski definition) is 3. The summed E-state index contributed by atoms with van der Waals surface area (Å²) < 4.78 is 27.3. The fourth-order valence-electron chi connectivity index (χ4n) is 2.23. The summed E-state index contributed by atoms with van der Waals surface area (Å²) in [5.74, 6) is 0.148. The van der Waals surface area contributed by atoms with Gasteiger partial charge in [0.05, 0.1) is 11.0 Å². The molecule has 2 atom stereocenters. The molecule has 1 N–H and O–H groups in total. The molecule has 0 aromatic heterocycles. The van der Waals surface area contributed by atoms with Gasteiger partial charge in [0.1, 0.15) is 0 Å². The van der Waals surface area contributed by atoms with Crippen LogP contribution in [0, 0.1) is 12.8 Å². The molecule has 1 heterocycles. The van der Waals surface area contributed by atoms with Crippen molar-refractivity contribution in [3.8, 4) is 0 Å². The smallest absolute Gasteiger partial charge is 0.243 e. The lowest BCUT2D eigenvalue weighted by molar-refractivity contribution is 0.0605. The fraction of sp³-hybridized carbons (Fsp3) is 0.538. The summed E-state index contributed by atoms with van der Waals surface area (Å²) in [4.78, 5) is 0.309. The molecule has 1 aromatic rings. The number of aliphatic hydroxyl groups excluding tert-OH is 1. The van der Waals surface area contributed by atoms with Crippen LogP contribution in [-0.2, 0) is 10.0 Å². The molecule has 2 unspecified atom stereocenters. The molecule has 0 radical (unpaired) electrons. The molecule has 1 fully saturated rings. The lowest BCUT2D eigenvalue weighted by Gasteiger charge is -2.33. The first-order valence-electron chi connectivity index (χ1n) is 6.26. The third-order valence-electron chi connectivity index (χ3n) is 3.65. The van der Waals surface area contributed by atoms with Crippen molar-refractivity contribution in [1.82, 2.24) is 4.31 Å². The maximum Gasteiger partial charge on any atom is 0.243 e. The average molecular weight is 348 g/mol. The number of sulfonamides is 1. The molecule has 1 aliphatic rings. The highest BCUT2D eigenvalue weighted by Gasteiger charge is 2.33. The van der Waals surface area contributed by atoms with Crippen molar-refractivity contribution in [2.45, 2.75) is 31.3 Å². The third kappa shape index (κ3) is 3.02. The highest BCUT2D eigenvalue weighted by atomic mass is 79.9. The lowest BCUT2D eigenvalue weighted by Crippen LogP contribution is -2.45. The van der Waals surface area contributed by atoms with Crippen molar-refractivity contribution in [2.75, 3.05) is 13.1 Å². The first-order valence-corrected chi connectivity index (χ1v) is 8.50. The zero-order valence-electron chi connectivity index (χ0n) is 11.0. The predicted molar refractivity (Wildman–Crippen MR) is 77.4 cm³/mol. The summed E-state index contributed by atoms with van der Waals surface area (Å²) in [6.45, 7) is 4.36. The molecule has 0 amide bonds. The lowest BCUT2D eigenvalue weighted by atomic mass is 9.98. The molecule has 0 saturated carbocycles. The van der Waals surface area contributed by atoms with Gasteiger partial charge in [-0.15, -0.1) is 0 Å². The fourth-order valence-corrected chi connectivity index (χ4v) is 4.47. The first kappa shape index (κ1) is 15.0. The molecule has 1 aromatic carbocycles. The number of benzene rings is 1. The highest BCUT2D eigenvalue weighted by Crippen LogP contribution is 2.27. The van der Waals surface area contributed by atoms with Gasteiger partial charge in [0, 0.05) is 17.6 Å². The Morgan fingerprint density at radius 2 is 2.11 bits per heavy atom. The summed E-state index contributed by atoms with van der Waals surface area (Å²) >= 11 is 3.30. The summed E-state index contributed by atoms with van der Waals surface area (Å²) in [6.07, 6.45) is 0.101. The maximum absolute atomic E-state index is 12.6. The van der Waals surface area contributed by atoms with E-state index in [4.69, 9.17) is 0 Å². The Morgan fingerprint density at radius 3 is 2.74 bits per heavy atom. The summed E-state index contributed by atoms with van der Waals surface area (Å²) in [7, 11) is -3.53. The second-order valence-corrected chi connectivity index (χ2v) is 7.93. The SMILES string of the molecule is Cc1ccc(Br)cc1S(=O)(=O)N1CCC(C)C(O)C1. The Hall–Kier alpha value is -0.430. The van der Waals surface area contributed by atoms with Gasteiger partial charge in [-0.05, 0) is 37.0 Å².